The van der Waals surface area contributed by atoms with Gasteiger partial charge in [0.1, 0.15) is 0 Å². The molecule has 2 nitrogen and oxygen atoms in total. The molecule has 0 aliphatic heterocycles. The molecule has 56 valence electrons. The Bertz CT molecular complexity index is 68.1. The highest BCUT2D eigenvalue weighted by atomic mass is 32.2. The Morgan fingerprint density at radius 2 is 2.11 bits per heavy atom. The van der Waals surface area contributed by atoms with Crippen LogP contribution in [0.1, 0.15) is 0 Å². The van der Waals surface area contributed by atoms with Crippen molar-refractivity contribution in [1.29, 1.82) is 0 Å². The van der Waals surface area contributed by atoms with Gasteiger partial charge in [-0.1, -0.05) is 0 Å². The van der Waals surface area contributed by atoms with Crippen LogP contribution in [0.25, 0.3) is 0 Å². The van der Waals surface area contributed by atoms with Gasteiger partial charge in [0, 0.05) is 12.3 Å². The molecular formula is C6H15NOS. The molecule has 0 radical (unpaired) electrons. The first-order valence-electron chi connectivity index (χ1n) is 2.98. The first-order valence-corrected chi connectivity index (χ1v) is 4.38. The number of aliphatic hydroxyl groups excluding tert-OH is 1. The van der Waals surface area contributed by atoms with E-state index in [0.29, 0.717) is 0 Å². The second-order valence-electron chi connectivity index (χ2n) is 2.37. The monoisotopic (exact) mass is 149 g/mol. The van der Waals surface area contributed by atoms with Crippen LogP contribution in [0.4, 0.5) is 0 Å². The minimum absolute atomic E-state index is 0.171. The molecule has 0 rings (SSSR count). The Kier molecular flexibility index (Phi) is 5.24. The summed E-state index contributed by atoms with van der Waals surface area (Å²) in [6, 6.07) is 0. The standard InChI is InChI=1S/C6H15NOS/c1-7(2)4-6(8)5-9-3/h6,8H,4-5H2,1-3H3. The molecule has 1 unspecified atom stereocenters. The molecule has 0 amide bonds. The third kappa shape index (κ3) is 6.15. The molecule has 0 aliphatic rings. The van der Waals surface area contributed by atoms with Crippen LogP contribution in [0.2, 0.25) is 0 Å². The minimum atomic E-state index is -0.171. The van der Waals surface area contributed by atoms with E-state index in [2.05, 4.69) is 0 Å². The number of thioether (sulfide) groups is 1. The Balaban J connectivity index is 3.15. The van der Waals surface area contributed by atoms with Gasteiger partial charge < -0.3 is 10.0 Å². The maximum absolute atomic E-state index is 9.16. The highest BCUT2D eigenvalue weighted by molar-refractivity contribution is 7.98. The lowest BCUT2D eigenvalue weighted by molar-refractivity contribution is 0.158. The van der Waals surface area contributed by atoms with Gasteiger partial charge in [0.05, 0.1) is 6.10 Å². The molecule has 0 aromatic heterocycles. The van der Waals surface area contributed by atoms with Crippen molar-refractivity contribution in [3.8, 4) is 0 Å². The maximum atomic E-state index is 9.16. The summed E-state index contributed by atoms with van der Waals surface area (Å²) >= 11 is 1.68. The Labute approximate surface area is 61.2 Å². The molecule has 0 fully saturated rings. The molecule has 0 aromatic rings. The molecule has 9 heavy (non-hydrogen) atoms. The van der Waals surface area contributed by atoms with Crippen molar-refractivity contribution in [2.75, 3.05) is 32.6 Å². The summed E-state index contributed by atoms with van der Waals surface area (Å²) in [4.78, 5) is 1.99. The predicted molar refractivity (Wildman–Crippen MR) is 42.9 cm³/mol. The van der Waals surface area contributed by atoms with Gasteiger partial charge in [0.15, 0.2) is 0 Å². The van der Waals surface area contributed by atoms with Crippen LogP contribution >= 0.6 is 11.8 Å². The lowest BCUT2D eigenvalue weighted by Crippen LogP contribution is -2.27. The van der Waals surface area contributed by atoms with Gasteiger partial charge in [-0.25, -0.2) is 0 Å². The fraction of sp³-hybridized carbons (Fsp3) is 1.00. The molecule has 0 saturated carbocycles. The number of hydrogen-bond acceptors (Lipinski definition) is 3. The second kappa shape index (κ2) is 5.09. The summed E-state index contributed by atoms with van der Waals surface area (Å²) in [5.74, 6) is 0.832. The van der Waals surface area contributed by atoms with E-state index in [1.54, 1.807) is 11.8 Å². The van der Waals surface area contributed by atoms with E-state index < -0.39 is 0 Å². The summed E-state index contributed by atoms with van der Waals surface area (Å²) < 4.78 is 0. The highest BCUT2D eigenvalue weighted by Gasteiger charge is 2.02. The van der Waals surface area contributed by atoms with Crippen LogP contribution < -0.4 is 0 Å². The molecule has 3 heteroatoms. The Hall–Kier alpha value is 0.270. The summed E-state index contributed by atoms with van der Waals surface area (Å²) in [5, 5.41) is 9.16. The van der Waals surface area contributed by atoms with E-state index in [0.717, 1.165) is 12.3 Å². The van der Waals surface area contributed by atoms with Crippen LogP contribution in [-0.4, -0.2) is 48.8 Å². The third-order valence-electron chi connectivity index (χ3n) is 0.935. The lowest BCUT2D eigenvalue weighted by Gasteiger charge is -2.13. The van der Waals surface area contributed by atoms with Crippen LogP contribution in [-0.2, 0) is 0 Å². The van der Waals surface area contributed by atoms with Crippen molar-refractivity contribution < 1.29 is 5.11 Å². The average molecular weight is 149 g/mol. The molecule has 0 aromatic carbocycles. The first kappa shape index (κ1) is 9.27. The minimum Gasteiger partial charge on any atom is -0.391 e. The van der Waals surface area contributed by atoms with Crippen LogP contribution in [0.5, 0.6) is 0 Å². The van der Waals surface area contributed by atoms with E-state index in [4.69, 9.17) is 5.11 Å². The van der Waals surface area contributed by atoms with Crippen molar-refractivity contribution in [3.63, 3.8) is 0 Å². The van der Waals surface area contributed by atoms with Crippen LogP contribution in [0.15, 0.2) is 0 Å². The quantitative estimate of drug-likeness (QED) is 0.621. The zero-order valence-corrected chi connectivity index (χ0v) is 7.11. The number of likely N-dealkylation sites (N-methyl/N-ethyl adjacent to an activating group) is 1. The van der Waals surface area contributed by atoms with Gasteiger partial charge in [-0.3, -0.25) is 0 Å². The van der Waals surface area contributed by atoms with E-state index >= 15 is 0 Å². The molecule has 1 N–H and O–H groups in total. The van der Waals surface area contributed by atoms with Crippen molar-refractivity contribution in [2.24, 2.45) is 0 Å². The summed E-state index contributed by atoms with van der Waals surface area (Å²) in [6.45, 7) is 0.765. The van der Waals surface area contributed by atoms with Crippen molar-refractivity contribution in [1.82, 2.24) is 4.90 Å². The molecular weight excluding hydrogens is 134 g/mol. The highest BCUT2D eigenvalue weighted by Crippen LogP contribution is 1.96. The number of hydrogen-bond donors (Lipinski definition) is 1. The van der Waals surface area contributed by atoms with Gasteiger partial charge in [0.25, 0.3) is 0 Å². The Morgan fingerprint density at radius 3 is 2.44 bits per heavy atom. The smallest absolute Gasteiger partial charge is 0.0757 e. The lowest BCUT2D eigenvalue weighted by atomic mass is 10.4. The summed E-state index contributed by atoms with van der Waals surface area (Å²) in [7, 11) is 3.92. The molecule has 0 spiro atoms. The number of nitrogens with zero attached hydrogens (tertiary/aromatic N) is 1. The first-order chi connectivity index (χ1) is 4.16. The molecule has 0 bridgehead atoms. The van der Waals surface area contributed by atoms with Crippen LogP contribution in [0, 0.1) is 0 Å². The predicted octanol–water partition coefficient (Wildman–Crippen LogP) is 0.272. The molecule has 0 saturated heterocycles. The van der Waals surface area contributed by atoms with Gasteiger partial charge in [-0.15, -0.1) is 0 Å². The number of aliphatic hydroxyl groups is 1. The summed E-state index contributed by atoms with van der Waals surface area (Å²) in [5.41, 5.74) is 0. The molecule has 1 atom stereocenters. The maximum Gasteiger partial charge on any atom is 0.0757 e. The van der Waals surface area contributed by atoms with Crippen molar-refractivity contribution in [3.05, 3.63) is 0 Å². The zero-order valence-electron chi connectivity index (χ0n) is 6.29. The van der Waals surface area contributed by atoms with Gasteiger partial charge in [-0.05, 0) is 20.4 Å². The fourth-order valence-corrected chi connectivity index (χ4v) is 1.16. The van der Waals surface area contributed by atoms with E-state index in [1.807, 2.05) is 25.3 Å². The average Bonchev–Trinajstić information content (AvgIpc) is 1.63. The largest absolute Gasteiger partial charge is 0.391 e. The topological polar surface area (TPSA) is 23.5 Å². The SMILES string of the molecule is CSCC(O)CN(C)C. The van der Waals surface area contributed by atoms with Gasteiger partial charge in [-0.2, -0.15) is 11.8 Å². The number of rotatable bonds is 4. The Morgan fingerprint density at radius 1 is 1.56 bits per heavy atom. The van der Waals surface area contributed by atoms with Gasteiger partial charge >= 0.3 is 0 Å². The molecule has 0 aliphatic carbocycles. The normalized spacial score (nSPS) is 14.3. The third-order valence-corrected chi connectivity index (χ3v) is 1.65. The van der Waals surface area contributed by atoms with Crippen molar-refractivity contribution >= 4 is 11.8 Å². The fourth-order valence-electron chi connectivity index (χ4n) is 0.667. The molecule has 0 heterocycles. The van der Waals surface area contributed by atoms with Crippen LogP contribution in [0.3, 0.4) is 0 Å². The second-order valence-corrected chi connectivity index (χ2v) is 3.28. The summed E-state index contributed by atoms with van der Waals surface area (Å²) in [6.07, 6.45) is 1.83. The van der Waals surface area contributed by atoms with E-state index in [9.17, 15) is 0 Å². The van der Waals surface area contributed by atoms with E-state index in [1.165, 1.54) is 0 Å². The van der Waals surface area contributed by atoms with Crippen molar-refractivity contribution in [2.45, 2.75) is 6.10 Å². The van der Waals surface area contributed by atoms with Gasteiger partial charge in [0.2, 0.25) is 0 Å². The van der Waals surface area contributed by atoms with E-state index in [-0.39, 0.29) is 6.10 Å². The zero-order chi connectivity index (χ0) is 7.28.